The SMILES string of the molecule is O=c1cc2c(nn1CCN1CCN(Cc3cn4c(n3)CCCC4)CC1)CCSC2. The quantitative estimate of drug-likeness (QED) is 0.737. The van der Waals surface area contributed by atoms with Gasteiger partial charge in [0.1, 0.15) is 5.82 Å². The Morgan fingerprint density at radius 1 is 1.00 bits per heavy atom. The predicted octanol–water partition coefficient (Wildman–Crippen LogP) is 1.38. The van der Waals surface area contributed by atoms with E-state index in [2.05, 4.69) is 25.7 Å². The lowest BCUT2D eigenvalue weighted by Crippen LogP contribution is -2.47. The Morgan fingerprint density at radius 3 is 2.72 bits per heavy atom. The molecule has 2 aromatic heterocycles. The molecule has 8 heteroatoms. The van der Waals surface area contributed by atoms with Gasteiger partial charge in [0.2, 0.25) is 0 Å². The van der Waals surface area contributed by atoms with Crippen molar-refractivity contribution in [1.82, 2.24) is 29.1 Å². The summed E-state index contributed by atoms with van der Waals surface area (Å²) in [5.41, 5.74) is 3.53. The van der Waals surface area contributed by atoms with E-state index in [0.29, 0.717) is 6.54 Å². The number of nitrogens with zero attached hydrogens (tertiary/aromatic N) is 6. The van der Waals surface area contributed by atoms with E-state index < -0.39 is 0 Å². The molecule has 3 aliphatic rings. The fourth-order valence-corrected chi connectivity index (χ4v) is 5.55. The van der Waals surface area contributed by atoms with Crippen LogP contribution in [0.4, 0.5) is 0 Å². The molecular formula is C21H30N6OS. The number of rotatable bonds is 5. The molecule has 3 aliphatic heterocycles. The number of hydrogen-bond donors (Lipinski definition) is 0. The van der Waals surface area contributed by atoms with E-state index in [-0.39, 0.29) is 5.56 Å². The first-order valence-corrected chi connectivity index (χ1v) is 12.1. The van der Waals surface area contributed by atoms with Crippen LogP contribution in [-0.2, 0) is 38.2 Å². The van der Waals surface area contributed by atoms with Crippen LogP contribution in [0.2, 0.25) is 0 Å². The van der Waals surface area contributed by atoms with Gasteiger partial charge in [-0.15, -0.1) is 0 Å². The van der Waals surface area contributed by atoms with Gasteiger partial charge in [0.25, 0.3) is 5.56 Å². The number of hydrogen-bond acceptors (Lipinski definition) is 6. The van der Waals surface area contributed by atoms with E-state index in [1.165, 1.54) is 24.4 Å². The molecule has 5 heterocycles. The number of aryl methyl sites for hydroxylation is 3. The molecule has 2 aromatic rings. The van der Waals surface area contributed by atoms with Crippen LogP contribution in [-0.4, -0.2) is 67.6 Å². The lowest BCUT2D eigenvalue weighted by molar-refractivity contribution is 0.121. The second-order valence-electron chi connectivity index (χ2n) is 8.40. The summed E-state index contributed by atoms with van der Waals surface area (Å²) in [5.74, 6) is 3.31. The zero-order valence-corrected chi connectivity index (χ0v) is 17.9. The Morgan fingerprint density at radius 2 is 1.86 bits per heavy atom. The molecule has 29 heavy (non-hydrogen) atoms. The summed E-state index contributed by atoms with van der Waals surface area (Å²) >= 11 is 1.89. The van der Waals surface area contributed by atoms with E-state index in [4.69, 9.17) is 4.98 Å². The molecule has 0 bridgehead atoms. The largest absolute Gasteiger partial charge is 0.335 e. The molecule has 0 amide bonds. The Hall–Kier alpha value is -1.64. The van der Waals surface area contributed by atoms with Gasteiger partial charge in [-0.05, 0) is 24.2 Å². The van der Waals surface area contributed by atoms with Gasteiger partial charge in [0.15, 0.2) is 0 Å². The number of imidazole rings is 1. The second kappa shape index (κ2) is 8.62. The van der Waals surface area contributed by atoms with Crippen molar-refractivity contribution in [2.24, 2.45) is 0 Å². The zero-order chi connectivity index (χ0) is 19.6. The molecule has 7 nitrogen and oxygen atoms in total. The van der Waals surface area contributed by atoms with Crippen molar-refractivity contribution in [1.29, 1.82) is 0 Å². The third-order valence-electron chi connectivity index (χ3n) is 6.34. The first kappa shape index (κ1) is 19.3. The van der Waals surface area contributed by atoms with Crippen molar-refractivity contribution < 1.29 is 0 Å². The van der Waals surface area contributed by atoms with Gasteiger partial charge in [-0.1, -0.05) is 0 Å². The number of fused-ring (bicyclic) bond motifs is 2. The molecule has 5 rings (SSSR count). The Labute approximate surface area is 176 Å². The monoisotopic (exact) mass is 414 g/mol. The van der Waals surface area contributed by atoms with Crippen LogP contribution in [0.5, 0.6) is 0 Å². The summed E-state index contributed by atoms with van der Waals surface area (Å²) < 4.78 is 4.02. The third kappa shape index (κ3) is 4.44. The molecule has 0 spiro atoms. The van der Waals surface area contributed by atoms with Crippen molar-refractivity contribution in [3.63, 3.8) is 0 Å². The first-order valence-electron chi connectivity index (χ1n) is 10.9. The molecule has 1 fully saturated rings. The van der Waals surface area contributed by atoms with Crippen molar-refractivity contribution in [3.05, 3.63) is 45.4 Å². The number of thioether (sulfide) groups is 1. The fraction of sp³-hybridized carbons (Fsp3) is 0.667. The minimum Gasteiger partial charge on any atom is -0.335 e. The lowest BCUT2D eigenvalue weighted by atomic mass is 10.2. The van der Waals surface area contributed by atoms with Crippen LogP contribution in [0.1, 0.15) is 35.6 Å². The van der Waals surface area contributed by atoms with Crippen LogP contribution in [0, 0.1) is 0 Å². The summed E-state index contributed by atoms with van der Waals surface area (Å²) in [5, 5.41) is 4.64. The van der Waals surface area contributed by atoms with Crippen LogP contribution in [0.3, 0.4) is 0 Å². The molecule has 0 atom stereocenters. The maximum atomic E-state index is 12.4. The van der Waals surface area contributed by atoms with E-state index >= 15 is 0 Å². The van der Waals surface area contributed by atoms with Crippen molar-refractivity contribution >= 4 is 11.8 Å². The topological polar surface area (TPSA) is 59.2 Å². The predicted molar refractivity (Wildman–Crippen MR) is 115 cm³/mol. The fourth-order valence-electron chi connectivity index (χ4n) is 4.60. The Balaban J connectivity index is 1.12. The van der Waals surface area contributed by atoms with E-state index in [1.54, 1.807) is 10.7 Å². The van der Waals surface area contributed by atoms with Crippen molar-refractivity contribution in [2.75, 3.05) is 38.5 Å². The maximum Gasteiger partial charge on any atom is 0.267 e. The molecule has 0 radical (unpaired) electrons. The molecule has 0 unspecified atom stereocenters. The zero-order valence-electron chi connectivity index (χ0n) is 17.1. The highest BCUT2D eigenvalue weighted by molar-refractivity contribution is 7.98. The summed E-state index contributed by atoms with van der Waals surface area (Å²) in [6.45, 7) is 7.88. The first-order chi connectivity index (χ1) is 14.2. The normalized spacial score (nSPS) is 20.4. The van der Waals surface area contributed by atoms with E-state index in [9.17, 15) is 4.79 Å². The molecule has 0 aromatic carbocycles. The smallest absolute Gasteiger partial charge is 0.267 e. The number of aromatic nitrogens is 4. The van der Waals surface area contributed by atoms with Gasteiger partial charge < -0.3 is 4.57 Å². The summed E-state index contributed by atoms with van der Waals surface area (Å²) in [7, 11) is 0. The van der Waals surface area contributed by atoms with Crippen molar-refractivity contribution in [2.45, 2.75) is 51.1 Å². The average molecular weight is 415 g/mol. The Bertz CT molecular complexity index is 891. The highest BCUT2D eigenvalue weighted by atomic mass is 32.2. The third-order valence-corrected chi connectivity index (χ3v) is 7.35. The highest BCUT2D eigenvalue weighted by Gasteiger charge is 2.20. The standard InChI is InChI=1S/C21H30N6OS/c28-21-13-17-16-29-12-4-19(17)23-27(21)11-10-24-6-8-25(9-7-24)14-18-15-26-5-2-1-3-20(26)22-18/h13,15H,1-12,14,16H2. The van der Waals surface area contributed by atoms with Gasteiger partial charge in [-0.3, -0.25) is 14.6 Å². The molecule has 0 aliphatic carbocycles. The van der Waals surface area contributed by atoms with Gasteiger partial charge >= 0.3 is 0 Å². The lowest BCUT2D eigenvalue weighted by Gasteiger charge is -2.34. The minimum atomic E-state index is 0.0497. The van der Waals surface area contributed by atoms with Crippen molar-refractivity contribution in [3.8, 4) is 0 Å². The molecule has 1 saturated heterocycles. The summed E-state index contributed by atoms with van der Waals surface area (Å²) in [6, 6.07) is 1.80. The van der Waals surface area contributed by atoms with Crippen LogP contribution in [0.15, 0.2) is 17.1 Å². The van der Waals surface area contributed by atoms with Gasteiger partial charge in [-0.2, -0.15) is 16.9 Å². The molecular weight excluding hydrogens is 384 g/mol. The average Bonchev–Trinajstić information content (AvgIpc) is 3.15. The summed E-state index contributed by atoms with van der Waals surface area (Å²) in [4.78, 5) is 22.2. The van der Waals surface area contributed by atoms with E-state index in [1.807, 2.05) is 11.8 Å². The van der Waals surface area contributed by atoms with Crippen LogP contribution < -0.4 is 5.56 Å². The van der Waals surface area contributed by atoms with Crippen LogP contribution in [0.25, 0.3) is 0 Å². The molecule has 156 valence electrons. The second-order valence-corrected chi connectivity index (χ2v) is 9.50. The Kier molecular flexibility index (Phi) is 5.74. The minimum absolute atomic E-state index is 0.0497. The van der Waals surface area contributed by atoms with Gasteiger partial charge in [0, 0.05) is 76.7 Å². The molecule has 0 N–H and O–H groups in total. The maximum absolute atomic E-state index is 12.4. The number of piperazine rings is 1. The van der Waals surface area contributed by atoms with Gasteiger partial charge in [0.05, 0.1) is 17.9 Å². The van der Waals surface area contributed by atoms with Gasteiger partial charge in [-0.25, -0.2) is 9.67 Å². The summed E-state index contributed by atoms with van der Waals surface area (Å²) in [6.07, 6.45) is 6.92. The highest BCUT2D eigenvalue weighted by Crippen LogP contribution is 2.21. The van der Waals surface area contributed by atoms with E-state index in [0.717, 1.165) is 81.4 Å². The molecule has 0 saturated carbocycles. The van der Waals surface area contributed by atoms with Crippen LogP contribution >= 0.6 is 11.8 Å².